The van der Waals surface area contributed by atoms with E-state index in [1.54, 1.807) is 6.20 Å². The summed E-state index contributed by atoms with van der Waals surface area (Å²) in [5, 5.41) is 3.04. The van der Waals surface area contributed by atoms with Crippen LogP contribution in [0.25, 0.3) is 0 Å². The lowest BCUT2D eigenvalue weighted by Gasteiger charge is -2.07. The zero-order chi connectivity index (χ0) is 8.97. The van der Waals surface area contributed by atoms with Gasteiger partial charge in [-0.3, -0.25) is 0 Å². The van der Waals surface area contributed by atoms with Crippen molar-refractivity contribution < 1.29 is 0 Å². The third-order valence-corrected chi connectivity index (χ3v) is 1.64. The lowest BCUT2D eigenvalue weighted by molar-refractivity contribution is 1.01. The highest BCUT2D eigenvalue weighted by Gasteiger charge is 2.00. The van der Waals surface area contributed by atoms with Crippen molar-refractivity contribution >= 4 is 11.5 Å². The molecule has 0 bridgehead atoms. The molecule has 4 heteroatoms. The second-order valence-corrected chi connectivity index (χ2v) is 2.61. The highest BCUT2D eigenvalue weighted by Crippen LogP contribution is 2.17. The molecule has 4 nitrogen and oxygen atoms in total. The molecule has 1 aromatic rings. The molecule has 0 aromatic carbocycles. The molecule has 0 saturated heterocycles. The van der Waals surface area contributed by atoms with Gasteiger partial charge in [-0.05, 0) is 18.6 Å². The maximum atomic E-state index is 5.76. The van der Waals surface area contributed by atoms with E-state index in [4.69, 9.17) is 11.5 Å². The van der Waals surface area contributed by atoms with E-state index < -0.39 is 0 Å². The Morgan fingerprint density at radius 2 is 2.33 bits per heavy atom. The minimum Gasteiger partial charge on any atom is -0.396 e. The zero-order valence-electron chi connectivity index (χ0n) is 7.17. The Labute approximate surface area is 72.0 Å². The fourth-order valence-corrected chi connectivity index (χ4v) is 0.901. The molecule has 0 spiro atoms. The van der Waals surface area contributed by atoms with E-state index in [2.05, 4.69) is 10.3 Å². The molecule has 0 fully saturated rings. The second-order valence-electron chi connectivity index (χ2n) is 2.61. The van der Waals surface area contributed by atoms with Crippen molar-refractivity contribution in [3.8, 4) is 0 Å². The van der Waals surface area contributed by atoms with Gasteiger partial charge in [-0.25, -0.2) is 4.98 Å². The van der Waals surface area contributed by atoms with Gasteiger partial charge in [0.2, 0.25) is 0 Å². The lowest BCUT2D eigenvalue weighted by atomic mass is 10.2. The van der Waals surface area contributed by atoms with E-state index in [9.17, 15) is 0 Å². The molecule has 0 amide bonds. The Morgan fingerprint density at radius 1 is 1.58 bits per heavy atom. The maximum absolute atomic E-state index is 5.76. The van der Waals surface area contributed by atoms with Crippen LogP contribution in [0.2, 0.25) is 0 Å². The molecule has 5 N–H and O–H groups in total. The van der Waals surface area contributed by atoms with Crippen LogP contribution in [0.5, 0.6) is 0 Å². The summed E-state index contributed by atoms with van der Waals surface area (Å²) in [6, 6.07) is 1.88. The summed E-state index contributed by atoms with van der Waals surface area (Å²) in [6.45, 7) is 3.22. The summed E-state index contributed by atoms with van der Waals surface area (Å²) in [7, 11) is 0. The Bertz CT molecular complexity index is 259. The zero-order valence-corrected chi connectivity index (χ0v) is 7.17. The van der Waals surface area contributed by atoms with Crippen LogP contribution in [0.1, 0.15) is 5.56 Å². The fraction of sp³-hybridized carbons (Fsp3) is 0.375. The van der Waals surface area contributed by atoms with Gasteiger partial charge in [0.25, 0.3) is 0 Å². The lowest BCUT2D eigenvalue weighted by Crippen LogP contribution is -2.15. The maximum Gasteiger partial charge on any atom is 0.149 e. The van der Waals surface area contributed by atoms with Gasteiger partial charge in [0, 0.05) is 19.3 Å². The van der Waals surface area contributed by atoms with Crippen LogP contribution in [-0.2, 0) is 0 Å². The van der Waals surface area contributed by atoms with E-state index >= 15 is 0 Å². The number of nitrogens with zero attached hydrogens (tertiary/aromatic N) is 1. The summed E-state index contributed by atoms with van der Waals surface area (Å²) in [5.41, 5.74) is 12.8. The smallest absolute Gasteiger partial charge is 0.149 e. The van der Waals surface area contributed by atoms with Gasteiger partial charge in [-0.15, -0.1) is 0 Å². The SMILES string of the molecule is Cc1ccnc(NCCN)c1N. The van der Waals surface area contributed by atoms with Crippen molar-refractivity contribution in [3.05, 3.63) is 17.8 Å². The molecule has 0 saturated carbocycles. The van der Waals surface area contributed by atoms with Crippen LogP contribution >= 0.6 is 0 Å². The topological polar surface area (TPSA) is 77.0 Å². The Morgan fingerprint density at radius 3 is 3.00 bits per heavy atom. The van der Waals surface area contributed by atoms with Crippen LogP contribution in [0.3, 0.4) is 0 Å². The van der Waals surface area contributed by atoms with Gasteiger partial charge in [0.05, 0.1) is 5.69 Å². The monoisotopic (exact) mass is 166 g/mol. The molecule has 0 aliphatic heterocycles. The molecule has 1 aromatic heterocycles. The molecule has 0 atom stereocenters. The number of hydrogen-bond donors (Lipinski definition) is 3. The van der Waals surface area contributed by atoms with Gasteiger partial charge in [0.1, 0.15) is 5.82 Å². The van der Waals surface area contributed by atoms with Gasteiger partial charge < -0.3 is 16.8 Å². The fourth-order valence-electron chi connectivity index (χ4n) is 0.901. The number of rotatable bonds is 3. The Hall–Kier alpha value is -1.29. The number of nitrogens with two attached hydrogens (primary N) is 2. The van der Waals surface area contributed by atoms with Gasteiger partial charge in [0.15, 0.2) is 0 Å². The van der Waals surface area contributed by atoms with Crippen LogP contribution in [-0.4, -0.2) is 18.1 Å². The molecular formula is C8H14N4. The van der Waals surface area contributed by atoms with Gasteiger partial charge in [-0.2, -0.15) is 0 Å². The first-order valence-corrected chi connectivity index (χ1v) is 3.90. The van der Waals surface area contributed by atoms with E-state index in [1.165, 1.54) is 0 Å². The molecule has 0 unspecified atom stereocenters. The number of anilines is 2. The minimum atomic E-state index is 0.578. The average Bonchev–Trinajstić information content (AvgIpc) is 2.08. The standard InChI is InChI=1S/C8H14N4/c1-6-2-4-11-8(7(6)10)12-5-3-9/h2,4H,3,5,9-10H2,1H3,(H,11,12). The van der Waals surface area contributed by atoms with Crippen LogP contribution in [0, 0.1) is 6.92 Å². The third-order valence-electron chi connectivity index (χ3n) is 1.64. The van der Waals surface area contributed by atoms with Crippen molar-refractivity contribution in [3.63, 3.8) is 0 Å². The van der Waals surface area contributed by atoms with Crippen molar-refractivity contribution in [2.45, 2.75) is 6.92 Å². The molecule has 0 aliphatic rings. The third kappa shape index (κ3) is 1.85. The molecule has 0 aliphatic carbocycles. The van der Waals surface area contributed by atoms with Crippen LogP contribution < -0.4 is 16.8 Å². The number of hydrogen-bond acceptors (Lipinski definition) is 4. The predicted octanol–water partition coefficient (Wildman–Crippen LogP) is 0.343. The predicted molar refractivity (Wildman–Crippen MR) is 50.9 cm³/mol. The van der Waals surface area contributed by atoms with Crippen LogP contribution in [0.4, 0.5) is 11.5 Å². The first-order chi connectivity index (χ1) is 5.75. The number of aromatic nitrogens is 1. The van der Waals surface area contributed by atoms with Gasteiger partial charge in [-0.1, -0.05) is 0 Å². The Balaban J connectivity index is 2.78. The largest absolute Gasteiger partial charge is 0.396 e. The molecule has 1 heterocycles. The number of nitrogens with one attached hydrogen (secondary N) is 1. The van der Waals surface area contributed by atoms with Crippen LogP contribution in [0.15, 0.2) is 12.3 Å². The van der Waals surface area contributed by atoms with E-state index in [0.29, 0.717) is 18.8 Å². The molecule has 66 valence electrons. The quantitative estimate of drug-likeness (QED) is 0.605. The van der Waals surface area contributed by atoms with Crippen molar-refractivity contribution in [2.24, 2.45) is 5.73 Å². The highest BCUT2D eigenvalue weighted by molar-refractivity contribution is 5.64. The first-order valence-electron chi connectivity index (χ1n) is 3.90. The summed E-state index contributed by atoms with van der Waals surface area (Å²) < 4.78 is 0. The second kappa shape index (κ2) is 3.92. The van der Waals surface area contributed by atoms with Crippen molar-refractivity contribution in [1.29, 1.82) is 0 Å². The molecular weight excluding hydrogens is 152 g/mol. The van der Waals surface area contributed by atoms with Gasteiger partial charge >= 0.3 is 0 Å². The summed E-state index contributed by atoms with van der Waals surface area (Å²) in [4.78, 5) is 4.08. The summed E-state index contributed by atoms with van der Waals surface area (Å²) in [6.07, 6.45) is 1.73. The normalized spacial score (nSPS) is 9.83. The molecule has 1 rings (SSSR count). The van der Waals surface area contributed by atoms with E-state index in [-0.39, 0.29) is 0 Å². The number of pyridine rings is 1. The number of aryl methyl sites for hydroxylation is 1. The van der Waals surface area contributed by atoms with E-state index in [1.807, 2.05) is 13.0 Å². The average molecular weight is 166 g/mol. The first kappa shape index (κ1) is 8.80. The highest BCUT2D eigenvalue weighted by atomic mass is 15.0. The summed E-state index contributed by atoms with van der Waals surface area (Å²) >= 11 is 0. The van der Waals surface area contributed by atoms with E-state index in [0.717, 1.165) is 11.4 Å². The molecule has 0 radical (unpaired) electrons. The Kier molecular flexibility index (Phi) is 2.88. The minimum absolute atomic E-state index is 0.578. The number of nitrogen functional groups attached to an aromatic ring is 1. The summed E-state index contributed by atoms with van der Waals surface area (Å²) in [5.74, 6) is 0.723. The van der Waals surface area contributed by atoms with Crippen molar-refractivity contribution in [1.82, 2.24) is 4.98 Å². The van der Waals surface area contributed by atoms with Crippen molar-refractivity contribution in [2.75, 3.05) is 24.1 Å². The molecule has 12 heavy (non-hydrogen) atoms.